The summed E-state index contributed by atoms with van der Waals surface area (Å²) in [4.78, 5) is 2.28. The van der Waals surface area contributed by atoms with E-state index in [1.54, 1.807) is 12.1 Å². The first kappa shape index (κ1) is 14.5. The van der Waals surface area contributed by atoms with E-state index >= 15 is 0 Å². The van der Waals surface area contributed by atoms with Crippen LogP contribution < -0.4 is 5.73 Å². The van der Waals surface area contributed by atoms with Crippen molar-refractivity contribution in [3.63, 3.8) is 0 Å². The van der Waals surface area contributed by atoms with E-state index in [-0.39, 0.29) is 11.2 Å². The zero-order chi connectivity index (χ0) is 13.7. The van der Waals surface area contributed by atoms with Crippen LogP contribution >= 0.6 is 0 Å². The maximum atomic E-state index is 13.2. The van der Waals surface area contributed by atoms with Gasteiger partial charge in [-0.15, -0.1) is 0 Å². The first-order valence-corrected chi connectivity index (χ1v) is 7.27. The van der Waals surface area contributed by atoms with Crippen molar-refractivity contribution >= 4 is 0 Å². The minimum Gasteiger partial charge on any atom is -0.330 e. The van der Waals surface area contributed by atoms with Gasteiger partial charge < -0.3 is 10.6 Å². The van der Waals surface area contributed by atoms with Crippen LogP contribution in [0.3, 0.4) is 0 Å². The summed E-state index contributed by atoms with van der Waals surface area (Å²) in [7, 11) is 2.11. The van der Waals surface area contributed by atoms with Crippen molar-refractivity contribution in [1.82, 2.24) is 4.90 Å². The molecular weight excluding hydrogens is 239 g/mol. The molecule has 2 nitrogen and oxygen atoms in total. The Balaban J connectivity index is 1.94. The molecule has 3 heteroatoms. The summed E-state index contributed by atoms with van der Waals surface area (Å²) in [6, 6.07) is 6.87. The Labute approximate surface area is 115 Å². The number of hydrogen-bond acceptors (Lipinski definition) is 2. The van der Waals surface area contributed by atoms with Crippen LogP contribution in [0.1, 0.15) is 37.7 Å². The Hall–Kier alpha value is -0.930. The molecule has 0 aromatic heterocycles. The molecule has 106 valence electrons. The van der Waals surface area contributed by atoms with Crippen molar-refractivity contribution < 1.29 is 4.39 Å². The Morgan fingerprint density at radius 1 is 1.26 bits per heavy atom. The molecule has 0 atom stereocenters. The van der Waals surface area contributed by atoms with Gasteiger partial charge in [0.05, 0.1) is 0 Å². The summed E-state index contributed by atoms with van der Waals surface area (Å²) >= 11 is 0. The van der Waals surface area contributed by atoms with Crippen LogP contribution in [-0.4, -0.2) is 25.0 Å². The molecule has 0 amide bonds. The minimum absolute atomic E-state index is 0.155. The third kappa shape index (κ3) is 4.02. The fourth-order valence-electron chi connectivity index (χ4n) is 3.30. The van der Waals surface area contributed by atoms with Crippen LogP contribution in [0.25, 0.3) is 0 Å². The molecule has 0 bridgehead atoms. The molecule has 1 aromatic carbocycles. The van der Waals surface area contributed by atoms with Gasteiger partial charge in [-0.25, -0.2) is 4.39 Å². The molecule has 0 unspecified atom stereocenters. The lowest BCUT2D eigenvalue weighted by molar-refractivity contribution is 0.124. The fraction of sp³-hybridized carbons (Fsp3) is 0.625. The summed E-state index contributed by atoms with van der Waals surface area (Å²) in [5.74, 6) is -0.155. The minimum atomic E-state index is -0.155. The number of nitrogens with two attached hydrogens (primary N) is 1. The second-order valence-corrected chi connectivity index (χ2v) is 6.07. The van der Waals surface area contributed by atoms with Crippen LogP contribution in [0.4, 0.5) is 4.39 Å². The van der Waals surface area contributed by atoms with E-state index in [4.69, 9.17) is 5.73 Å². The smallest absolute Gasteiger partial charge is 0.123 e. The molecule has 1 fully saturated rings. The van der Waals surface area contributed by atoms with Gasteiger partial charge in [0.15, 0.2) is 0 Å². The van der Waals surface area contributed by atoms with Gasteiger partial charge in [0, 0.05) is 13.1 Å². The third-order valence-electron chi connectivity index (χ3n) is 4.29. The van der Waals surface area contributed by atoms with Gasteiger partial charge in [0.25, 0.3) is 0 Å². The highest BCUT2D eigenvalue weighted by molar-refractivity contribution is 5.16. The molecule has 1 saturated carbocycles. The number of hydrogen-bond donors (Lipinski definition) is 1. The molecule has 2 rings (SSSR count). The van der Waals surface area contributed by atoms with E-state index in [0.717, 1.165) is 25.2 Å². The molecule has 19 heavy (non-hydrogen) atoms. The van der Waals surface area contributed by atoms with Gasteiger partial charge in [-0.2, -0.15) is 0 Å². The SMILES string of the molecule is CN(Cc1cccc(F)c1)CC1(CN)CCCCC1. The second-order valence-electron chi connectivity index (χ2n) is 6.07. The predicted octanol–water partition coefficient (Wildman–Crippen LogP) is 3.17. The monoisotopic (exact) mass is 264 g/mol. The maximum absolute atomic E-state index is 13.2. The van der Waals surface area contributed by atoms with Gasteiger partial charge in [0.2, 0.25) is 0 Å². The quantitative estimate of drug-likeness (QED) is 0.885. The molecule has 1 aliphatic rings. The third-order valence-corrected chi connectivity index (χ3v) is 4.29. The number of benzene rings is 1. The summed E-state index contributed by atoms with van der Waals surface area (Å²) < 4.78 is 13.2. The highest BCUT2D eigenvalue weighted by Crippen LogP contribution is 2.36. The van der Waals surface area contributed by atoms with E-state index in [1.807, 2.05) is 6.07 Å². The molecule has 0 heterocycles. The van der Waals surface area contributed by atoms with Crippen molar-refractivity contribution in [2.24, 2.45) is 11.1 Å². The first-order valence-electron chi connectivity index (χ1n) is 7.27. The maximum Gasteiger partial charge on any atom is 0.123 e. The van der Waals surface area contributed by atoms with Crippen LogP contribution in [-0.2, 0) is 6.54 Å². The van der Waals surface area contributed by atoms with Crippen LogP contribution in [0.5, 0.6) is 0 Å². The summed E-state index contributed by atoms with van der Waals surface area (Å²) in [5, 5.41) is 0. The zero-order valence-electron chi connectivity index (χ0n) is 11.9. The molecule has 0 spiro atoms. The fourth-order valence-corrected chi connectivity index (χ4v) is 3.30. The second kappa shape index (κ2) is 6.49. The number of rotatable bonds is 5. The first-order chi connectivity index (χ1) is 9.13. The molecule has 0 saturated heterocycles. The normalized spacial score (nSPS) is 18.7. The van der Waals surface area contributed by atoms with Gasteiger partial charge in [0.1, 0.15) is 5.82 Å². The lowest BCUT2D eigenvalue weighted by Crippen LogP contribution is -2.42. The van der Waals surface area contributed by atoms with E-state index < -0.39 is 0 Å². The van der Waals surface area contributed by atoms with Gasteiger partial charge >= 0.3 is 0 Å². The zero-order valence-corrected chi connectivity index (χ0v) is 11.9. The van der Waals surface area contributed by atoms with Crippen LogP contribution in [0, 0.1) is 11.2 Å². The average molecular weight is 264 g/mol. The van der Waals surface area contributed by atoms with Crippen molar-refractivity contribution in [1.29, 1.82) is 0 Å². The predicted molar refractivity (Wildman–Crippen MR) is 77.3 cm³/mol. The Kier molecular flexibility index (Phi) is 4.94. The van der Waals surface area contributed by atoms with Gasteiger partial charge in [-0.3, -0.25) is 0 Å². The van der Waals surface area contributed by atoms with Crippen LogP contribution in [0.15, 0.2) is 24.3 Å². The van der Waals surface area contributed by atoms with E-state index in [0.29, 0.717) is 0 Å². The summed E-state index contributed by atoms with van der Waals surface area (Å²) in [6.07, 6.45) is 6.40. The lowest BCUT2D eigenvalue weighted by atomic mass is 9.73. The Bertz CT molecular complexity index is 399. The molecule has 0 radical (unpaired) electrons. The highest BCUT2D eigenvalue weighted by Gasteiger charge is 2.31. The molecule has 1 aromatic rings. The summed E-state index contributed by atoms with van der Waals surface area (Å²) in [6.45, 7) is 2.57. The molecule has 0 aliphatic heterocycles. The van der Waals surface area contributed by atoms with Crippen molar-refractivity contribution in [3.05, 3.63) is 35.6 Å². The standard InChI is InChI=1S/C16H25FN2/c1-19(11-14-6-5-7-15(17)10-14)13-16(12-18)8-3-2-4-9-16/h5-7,10H,2-4,8-9,11-13,18H2,1H3. The lowest BCUT2D eigenvalue weighted by Gasteiger charge is -2.39. The highest BCUT2D eigenvalue weighted by atomic mass is 19.1. The van der Waals surface area contributed by atoms with Crippen molar-refractivity contribution in [2.45, 2.75) is 38.6 Å². The largest absolute Gasteiger partial charge is 0.330 e. The van der Waals surface area contributed by atoms with Crippen LogP contribution in [0.2, 0.25) is 0 Å². The van der Waals surface area contributed by atoms with Gasteiger partial charge in [-0.1, -0.05) is 31.4 Å². The number of halogens is 1. The van der Waals surface area contributed by atoms with E-state index in [9.17, 15) is 4.39 Å². The van der Waals surface area contributed by atoms with E-state index in [2.05, 4.69) is 11.9 Å². The van der Waals surface area contributed by atoms with Crippen molar-refractivity contribution in [2.75, 3.05) is 20.1 Å². The average Bonchev–Trinajstić information content (AvgIpc) is 2.39. The van der Waals surface area contributed by atoms with Gasteiger partial charge in [-0.05, 0) is 49.5 Å². The van der Waals surface area contributed by atoms with E-state index in [1.165, 1.54) is 38.2 Å². The summed E-state index contributed by atoms with van der Waals surface area (Å²) in [5.41, 5.74) is 7.33. The number of nitrogens with zero attached hydrogens (tertiary/aromatic N) is 1. The molecular formula is C16H25FN2. The Morgan fingerprint density at radius 2 is 2.00 bits per heavy atom. The topological polar surface area (TPSA) is 29.3 Å². The molecule has 2 N–H and O–H groups in total. The Morgan fingerprint density at radius 3 is 2.63 bits per heavy atom. The molecule has 1 aliphatic carbocycles. The van der Waals surface area contributed by atoms with Crippen molar-refractivity contribution in [3.8, 4) is 0 Å².